The molecule has 0 radical (unpaired) electrons. The van der Waals surface area contributed by atoms with Gasteiger partial charge in [0.2, 0.25) is 0 Å². The highest BCUT2D eigenvalue weighted by atomic mass is 32.2. The van der Waals surface area contributed by atoms with Gasteiger partial charge in [-0.2, -0.15) is 0 Å². The number of nitrogens with zero attached hydrogens (tertiary/aromatic N) is 1. The van der Waals surface area contributed by atoms with E-state index in [1.807, 2.05) is 42.5 Å². The quantitative estimate of drug-likeness (QED) is 0.713. The summed E-state index contributed by atoms with van der Waals surface area (Å²) < 4.78 is 22.8. The first-order chi connectivity index (χ1) is 12.9. The van der Waals surface area contributed by atoms with Crippen LogP contribution in [0.25, 0.3) is 0 Å². The Morgan fingerprint density at radius 3 is 2.11 bits per heavy atom. The molecule has 0 aliphatic rings. The largest absolute Gasteiger partial charge is 0.341 e. The van der Waals surface area contributed by atoms with E-state index < -0.39 is 9.84 Å². The topological polar surface area (TPSA) is 76.1 Å². The number of benzene rings is 2. The monoisotopic (exact) mass is 380 g/mol. The number of pyridine rings is 1. The number of rotatable bonds is 6. The molecule has 1 atom stereocenters. The van der Waals surface area contributed by atoms with E-state index in [0.717, 1.165) is 11.1 Å². The number of nitrogens with one attached hydrogen (secondary N) is 1. The molecule has 0 saturated heterocycles. The lowest BCUT2D eigenvalue weighted by Gasteiger charge is -2.20. The third-order valence-corrected chi connectivity index (χ3v) is 4.95. The lowest BCUT2D eigenvalue weighted by atomic mass is 9.99. The van der Waals surface area contributed by atoms with Gasteiger partial charge >= 0.3 is 0 Å². The second-order valence-electron chi connectivity index (χ2n) is 6.36. The molecule has 6 heteroatoms. The lowest BCUT2D eigenvalue weighted by Crippen LogP contribution is -2.29. The van der Waals surface area contributed by atoms with E-state index in [-0.39, 0.29) is 17.7 Å². The van der Waals surface area contributed by atoms with Crippen LogP contribution < -0.4 is 5.32 Å². The van der Waals surface area contributed by atoms with Crippen LogP contribution in [-0.2, 0) is 15.6 Å². The Morgan fingerprint density at radius 2 is 1.52 bits per heavy atom. The van der Waals surface area contributed by atoms with Crippen molar-refractivity contribution in [2.75, 3.05) is 6.26 Å². The first-order valence-electron chi connectivity index (χ1n) is 8.45. The van der Waals surface area contributed by atoms with Crippen LogP contribution in [0.5, 0.6) is 0 Å². The number of sulfone groups is 1. The van der Waals surface area contributed by atoms with Crippen LogP contribution >= 0.6 is 0 Å². The summed E-state index contributed by atoms with van der Waals surface area (Å²) in [7, 11) is -3.11. The van der Waals surface area contributed by atoms with Crippen LogP contribution in [0.4, 0.5) is 0 Å². The number of hydrogen-bond donors (Lipinski definition) is 1. The van der Waals surface area contributed by atoms with Gasteiger partial charge in [-0.1, -0.05) is 42.5 Å². The predicted octanol–water partition coefficient (Wildman–Crippen LogP) is 3.15. The first-order valence-corrected chi connectivity index (χ1v) is 10.5. The van der Waals surface area contributed by atoms with E-state index in [2.05, 4.69) is 10.3 Å². The van der Waals surface area contributed by atoms with Crippen LogP contribution in [0.15, 0.2) is 79.1 Å². The van der Waals surface area contributed by atoms with Gasteiger partial charge in [-0.3, -0.25) is 9.78 Å². The Balaban J connectivity index is 1.83. The summed E-state index contributed by atoms with van der Waals surface area (Å²) in [6.07, 6.45) is 4.57. The maximum atomic E-state index is 12.8. The van der Waals surface area contributed by atoms with Crippen LogP contribution in [0.1, 0.15) is 33.1 Å². The van der Waals surface area contributed by atoms with Gasteiger partial charge in [0.15, 0.2) is 9.84 Å². The highest BCUT2D eigenvalue weighted by Crippen LogP contribution is 2.22. The van der Waals surface area contributed by atoms with Crippen molar-refractivity contribution in [1.29, 1.82) is 0 Å². The highest BCUT2D eigenvalue weighted by Gasteiger charge is 2.18. The molecular weight excluding hydrogens is 360 g/mol. The van der Waals surface area contributed by atoms with Crippen molar-refractivity contribution < 1.29 is 13.2 Å². The van der Waals surface area contributed by atoms with Crippen molar-refractivity contribution in [1.82, 2.24) is 10.3 Å². The molecule has 3 rings (SSSR count). The maximum absolute atomic E-state index is 12.8. The fraction of sp³-hybridized carbons (Fsp3) is 0.143. The summed E-state index contributed by atoms with van der Waals surface area (Å²) >= 11 is 0. The minimum atomic E-state index is -3.11. The van der Waals surface area contributed by atoms with Crippen LogP contribution in [0.2, 0.25) is 0 Å². The van der Waals surface area contributed by atoms with Gasteiger partial charge in [-0.25, -0.2) is 8.42 Å². The molecular formula is C21H20N2O3S. The van der Waals surface area contributed by atoms with Crippen LogP contribution in [0, 0.1) is 0 Å². The van der Waals surface area contributed by atoms with E-state index in [1.54, 1.807) is 36.7 Å². The Kier molecular flexibility index (Phi) is 5.66. The molecule has 0 spiro atoms. The Labute approximate surface area is 159 Å². The summed E-state index contributed by atoms with van der Waals surface area (Å²) in [5, 5.41) is 3.05. The smallest absolute Gasteiger partial charge is 0.252 e. The fourth-order valence-electron chi connectivity index (χ4n) is 2.83. The number of amides is 1. The second-order valence-corrected chi connectivity index (χ2v) is 8.50. The molecule has 1 heterocycles. The lowest BCUT2D eigenvalue weighted by molar-refractivity contribution is 0.0943. The van der Waals surface area contributed by atoms with E-state index in [9.17, 15) is 13.2 Å². The number of aromatic nitrogens is 1. The molecule has 27 heavy (non-hydrogen) atoms. The molecule has 0 aliphatic carbocycles. The molecule has 1 amide bonds. The van der Waals surface area contributed by atoms with Crippen LogP contribution in [-0.4, -0.2) is 25.6 Å². The molecule has 1 unspecified atom stereocenters. The van der Waals surface area contributed by atoms with Gasteiger partial charge < -0.3 is 5.32 Å². The molecule has 0 fully saturated rings. The van der Waals surface area contributed by atoms with Gasteiger partial charge in [-0.15, -0.1) is 0 Å². The summed E-state index contributed by atoms with van der Waals surface area (Å²) in [6.45, 7) is 0. The zero-order valence-electron chi connectivity index (χ0n) is 14.9. The van der Waals surface area contributed by atoms with Gasteiger partial charge in [-0.05, 0) is 41.0 Å². The molecule has 0 aliphatic heterocycles. The number of carbonyl (C=O) groups excluding carboxylic acids is 1. The highest BCUT2D eigenvalue weighted by molar-refractivity contribution is 7.89. The number of carbonyl (C=O) groups is 1. The summed E-state index contributed by atoms with van der Waals surface area (Å²) in [4.78, 5) is 16.8. The van der Waals surface area contributed by atoms with E-state index >= 15 is 0 Å². The minimum absolute atomic E-state index is 0.0431. The summed E-state index contributed by atoms with van der Waals surface area (Å²) in [6, 6.07) is 19.7. The van der Waals surface area contributed by atoms with Crippen molar-refractivity contribution in [3.8, 4) is 0 Å². The van der Waals surface area contributed by atoms with Crippen molar-refractivity contribution in [2.45, 2.75) is 11.8 Å². The van der Waals surface area contributed by atoms with Crippen molar-refractivity contribution in [3.05, 3.63) is 101 Å². The molecule has 0 bridgehead atoms. The Hall–Kier alpha value is -2.99. The van der Waals surface area contributed by atoms with Crippen molar-refractivity contribution in [2.24, 2.45) is 0 Å². The van der Waals surface area contributed by atoms with E-state index in [1.165, 1.54) is 6.26 Å². The molecule has 0 saturated carbocycles. The van der Waals surface area contributed by atoms with Crippen molar-refractivity contribution in [3.63, 3.8) is 0 Å². The zero-order chi connectivity index (χ0) is 19.3. The summed E-state index contributed by atoms with van der Waals surface area (Å²) in [5.74, 6) is -0.273. The van der Waals surface area contributed by atoms with Gasteiger partial charge in [0.1, 0.15) is 0 Å². The molecule has 3 aromatic rings. The molecule has 5 nitrogen and oxygen atoms in total. The van der Waals surface area contributed by atoms with Gasteiger partial charge in [0.05, 0.1) is 11.8 Å². The standard InChI is InChI=1S/C21H20N2O3S/c1-27(25,26)15-16-7-9-19(10-8-16)21(24)23-20(17-5-3-2-4-6-17)18-11-13-22-14-12-18/h2-14,20H,15H2,1H3,(H,23,24). The molecule has 1 aromatic heterocycles. The molecule has 138 valence electrons. The zero-order valence-corrected chi connectivity index (χ0v) is 15.7. The van der Waals surface area contributed by atoms with Gasteiger partial charge in [0, 0.05) is 24.2 Å². The van der Waals surface area contributed by atoms with Crippen LogP contribution in [0.3, 0.4) is 0 Å². The summed E-state index contributed by atoms with van der Waals surface area (Å²) in [5.41, 5.74) is 3.02. The average molecular weight is 380 g/mol. The van der Waals surface area contributed by atoms with Crippen molar-refractivity contribution >= 4 is 15.7 Å². The minimum Gasteiger partial charge on any atom is -0.341 e. The Bertz CT molecular complexity index is 963. The predicted molar refractivity (Wildman–Crippen MR) is 105 cm³/mol. The fourth-order valence-corrected chi connectivity index (χ4v) is 3.63. The Morgan fingerprint density at radius 1 is 0.926 bits per heavy atom. The molecule has 2 aromatic carbocycles. The second kappa shape index (κ2) is 8.14. The number of hydrogen-bond acceptors (Lipinski definition) is 4. The maximum Gasteiger partial charge on any atom is 0.252 e. The third-order valence-electron chi connectivity index (χ3n) is 4.09. The average Bonchev–Trinajstić information content (AvgIpc) is 2.66. The third kappa shape index (κ3) is 5.24. The SMILES string of the molecule is CS(=O)(=O)Cc1ccc(C(=O)NC(c2ccccc2)c2ccncc2)cc1. The first kappa shape index (κ1) is 18.8. The normalized spacial score (nSPS) is 12.3. The van der Waals surface area contributed by atoms with E-state index in [4.69, 9.17) is 0 Å². The van der Waals surface area contributed by atoms with Gasteiger partial charge in [0.25, 0.3) is 5.91 Å². The van der Waals surface area contributed by atoms with E-state index in [0.29, 0.717) is 11.1 Å². The molecule has 1 N–H and O–H groups in total.